The first-order valence-electron chi connectivity index (χ1n) is 7.47. The van der Waals surface area contributed by atoms with Crippen LogP contribution in [-0.4, -0.2) is 31.1 Å². The first-order chi connectivity index (χ1) is 9.00. The largest absolute Gasteiger partial charge is 0.315 e. The monoisotopic (exact) mass is 260 g/mol. The normalized spacial score (nSPS) is 18.7. The van der Waals surface area contributed by atoms with E-state index < -0.39 is 0 Å². The number of benzene rings is 1. The molecule has 0 fully saturated rings. The van der Waals surface area contributed by atoms with Gasteiger partial charge in [-0.05, 0) is 43.0 Å². The van der Waals surface area contributed by atoms with Crippen LogP contribution < -0.4 is 5.32 Å². The van der Waals surface area contributed by atoms with Crippen LogP contribution in [0.5, 0.6) is 0 Å². The molecular weight excluding hydrogens is 232 g/mol. The Morgan fingerprint density at radius 3 is 2.53 bits per heavy atom. The Bertz CT molecular complexity index is 406. The lowest BCUT2D eigenvalue weighted by Gasteiger charge is -2.35. The summed E-state index contributed by atoms with van der Waals surface area (Å²) in [5.74, 6) is 0. The van der Waals surface area contributed by atoms with Gasteiger partial charge in [-0.2, -0.15) is 0 Å². The average molecular weight is 260 g/mol. The highest BCUT2D eigenvalue weighted by molar-refractivity contribution is 5.28. The molecule has 0 aliphatic carbocycles. The van der Waals surface area contributed by atoms with Gasteiger partial charge >= 0.3 is 0 Å². The minimum Gasteiger partial charge on any atom is -0.315 e. The quantitative estimate of drug-likeness (QED) is 0.898. The Balaban J connectivity index is 2.06. The van der Waals surface area contributed by atoms with Crippen molar-refractivity contribution >= 4 is 0 Å². The van der Waals surface area contributed by atoms with Gasteiger partial charge in [-0.15, -0.1) is 0 Å². The summed E-state index contributed by atoms with van der Waals surface area (Å²) in [6.45, 7) is 10.4. The van der Waals surface area contributed by atoms with Crippen molar-refractivity contribution in [1.82, 2.24) is 10.2 Å². The zero-order valence-corrected chi connectivity index (χ0v) is 12.9. The molecule has 0 amide bonds. The summed E-state index contributed by atoms with van der Waals surface area (Å²) in [5, 5.41) is 3.49. The van der Waals surface area contributed by atoms with Crippen LogP contribution in [0.2, 0.25) is 0 Å². The van der Waals surface area contributed by atoms with Crippen LogP contribution in [0.1, 0.15) is 38.3 Å². The van der Waals surface area contributed by atoms with Gasteiger partial charge in [0.05, 0.1) is 0 Å². The highest BCUT2D eigenvalue weighted by Gasteiger charge is 2.26. The van der Waals surface area contributed by atoms with Gasteiger partial charge in [0.25, 0.3) is 0 Å². The van der Waals surface area contributed by atoms with E-state index in [0.717, 1.165) is 13.1 Å². The number of hydrogen-bond donors (Lipinski definition) is 1. The molecule has 1 heterocycles. The highest BCUT2D eigenvalue weighted by atomic mass is 15.1. The second-order valence-corrected chi connectivity index (χ2v) is 6.81. The molecule has 1 aliphatic rings. The Morgan fingerprint density at radius 2 is 1.89 bits per heavy atom. The van der Waals surface area contributed by atoms with Crippen molar-refractivity contribution in [3.8, 4) is 0 Å². The van der Waals surface area contributed by atoms with E-state index in [9.17, 15) is 0 Å². The third kappa shape index (κ3) is 3.80. The van der Waals surface area contributed by atoms with Gasteiger partial charge in [-0.25, -0.2) is 0 Å². The van der Waals surface area contributed by atoms with Gasteiger partial charge in [0, 0.05) is 19.1 Å². The zero-order valence-electron chi connectivity index (χ0n) is 12.9. The number of likely N-dealkylation sites (N-methyl/N-ethyl adjacent to an activating group) is 1. The minimum absolute atomic E-state index is 0.306. The molecule has 1 aromatic rings. The molecule has 2 nitrogen and oxygen atoms in total. The lowest BCUT2D eigenvalue weighted by molar-refractivity contribution is 0.175. The molecule has 2 rings (SSSR count). The smallest absolute Gasteiger partial charge is 0.0240 e. The third-order valence-corrected chi connectivity index (χ3v) is 4.27. The summed E-state index contributed by atoms with van der Waals surface area (Å²) >= 11 is 0. The van der Waals surface area contributed by atoms with Gasteiger partial charge in [0.15, 0.2) is 0 Å². The van der Waals surface area contributed by atoms with E-state index in [1.165, 1.54) is 24.9 Å². The molecule has 1 aliphatic heterocycles. The molecule has 2 heteroatoms. The first-order valence-corrected chi connectivity index (χ1v) is 7.47. The highest BCUT2D eigenvalue weighted by Crippen LogP contribution is 2.23. The van der Waals surface area contributed by atoms with Crippen molar-refractivity contribution in [2.45, 2.75) is 46.2 Å². The molecule has 0 aromatic heterocycles. The second kappa shape index (κ2) is 6.06. The van der Waals surface area contributed by atoms with Crippen LogP contribution in [0, 0.1) is 5.41 Å². The Morgan fingerprint density at radius 1 is 1.21 bits per heavy atom. The second-order valence-electron chi connectivity index (χ2n) is 6.81. The van der Waals surface area contributed by atoms with Crippen molar-refractivity contribution in [2.24, 2.45) is 5.41 Å². The number of nitrogens with zero attached hydrogens (tertiary/aromatic N) is 1. The lowest BCUT2D eigenvalue weighted by Crippen LogP contribution is -2.47. The number of aryl methyl sites for hydroxylation is 1. The van der Waals surface area contributed by atoms with Crippen molar-refractivity contribution in [3.05, 3.63) is 35.4 Å². The molecule has 1 N–H and O–H groups in total. The number of hydrogen-bond acceptors (Lipinski definition) is 2. The van der Waals surface area contributed by atoms with Crippen molar-refractivity contribution in [3.63, 3.8) is 0 Å². The van der Waals surface area contributed by atoms with E-state index in [1.807, 2.05) is 0 Å². The topological polar surface area (TPSA) is 15.3 Å². The van der Waals surface area contributed by atoms with E-state index in [-0.39, 0.29) is 0 Å². The third-order valence-electron chi connectivity index (χ3n) is 4.27. The maximum atomic E-state index is 3.49. The predicted molar refractivity (Wildman–Crippen MR) is 82.3 cm³/mol. The van der Waals surface area contributed by atoms with Crippen LogP contribution in [0.4, 0.5) is 0 Å². The molecular formula is C17H28N2. The van der Waals surface area contributed by atoms with Crippen LogP contribution in [0.15, 0.2) is 24.3 Å². The van der Waals surface area contributed by atoms with Crippen molar-refractivity contribution in [1.29, 1.82) is 0 Å². The Labute approximate surface area is 118 Å². The molecule has 1 atom stereocenters. The van der Waals surface area contributed by atoms with Gasteiger partial charge in [-0.1, -0.05) is 45.0 Å². The summed E-state index contributed by atoms with van der Waals surface area (Å²) in [4.78, 5) is 2.61. The molecule has 106 valence electrons. The minimum atomic E-state index is 0.306. The summed E-state index contributed by atoms with van der Waals surface area (Å²) in [5.41, 5.74) is 3.37. The molecule has 0 bridgehead atoms. The van der Waals surface area contributed by atoms with Gasteiger partial charge in [0.1, 0.15) is 0 Å². The van der Waals surface area contributed by atoms with E-state index in [2.05, 4.69) is 62.3 Å². The summed E-state index contributed by atoms with van der Waals surface area (Å²) in [6, 6.07) is 9.46. The maximum Gasteiger partial charge on any atom is 0.0240 e. The van der Waals surface area contributed by atoms with Gasteiger partial charge in [0.2, 0.25) is 0 Å². The molecule has 0 spiro atoms. The van der Waals surface area contributed by atoms with E-state index in [4.69, 9.17) is 0 Å². The fourth-order valence-corrected chi connectivity index (χ4v) is 2.98. The van der Waals surface area contributed by atoms with Crippen LogP contribution in [0.25, 0.3) is 0 Å². The molecule has 0 saturated carbocycles. The lowest BCUT2D eigenvalue weighted by atomic mass is 9.86. The maximum absolute atomic E-state index is 3.49. The van der Waals surface area contributed by atoms with E-state index in [1.54, 1.807) is 5.56 Å². The predicted octanol–water partition coefficient (Wildman–Crippen LogP) is 3.07. The Kier molecular flexibility index (Phi) is 4.64. The summed E-state index contributed by atoms with van der Waals surface area (Å²) < 4.78 is 0. The van der Waals surface area contributed by atoms with Gasteiger partial charge < -0.3 is 5.32 Å². The van der Waals surface area contributed by atoms with E-state index >= 15 is 0 Å². The molecule has 0 radical (unpaired) electrons. The van der Waals surface area contributed by atoms with Crippen molar-refractivity contribution < 1.29 is 0 Å². The fraction of sp³-hybridized carbons (Fsp3) is 0.647. The van der Waals surface area contributed by atoms with Gasteiger partial charge in [-0.3, -0.25) is 4.90 Å². The summed E-state index contributed by atoms with van der Waals surface area (Å²) in [6.07, 6.45) is 2.50. The van der Waals surface area contributed by atoms with Crippen molar-refractivity contribution in [2.75, 3.05) is 20.1 Å². The fourth-order valence-electron chi connectivity index (χ4n) is 2.98. The standard InChI is InChI=1S/C17H28N2/c1-17(2,3)16(18-4)13-19-11-7-10-14-8-5-6-9-15(14)12-19/h5-6,8-9,16,18H,7,10-13H2,1-4H3. The summed E-state index contributed by atoms with van der Waals surface area (Å²) in [7, 11) is 2.09. The van der Waals surface area contributed by atoms with Crippen LogP contribution in [-0.2, 0) is 13.0 Å². The molecule has 0 saturated heterocycles. The first kappa shape index (κ1) is 14.5. The zero-order chi connectivity index (χ0) is 13.9. The molecule has 1 aromatic carbocycles. The Hall–Kier alpha value is -0.860. The SMILES string of the molecule is CNC(CN1CCCc2ccccc2C1)C(C)(C)C. The molecule has 1 unspecified atom stereocenters. The van der Waals surface area contributed by atoms with Crippen LogP contribution in [0.3, 0.4) is 0 Å². The van der Waals surface area contributed by atoms with E-state index in [0.29, 0.717) is 11.5 Å². The number of rotatable bonds is 3. The average Bonchev–Trinajstić information content (AvgIpc) is 2.56. The number of fused-ring (bicyclic) bond motifs is 1. The number of nitrogens with one attached hydrogen (secondary N) is 1. The van der Waals surface area contributed by atoms with Crippen LogP contribution >= 0.6 is 0 Å². The molecule has 19 heavy (non-hydrogen) atoms.